The van der Waals surface area contributed by atoms with Crippen molar-refractivity contribution in [2.24, 2.45) is 0 Å². The number of hydrogen-bond donors (Lipinski definition) is 1. The molecule has 2 aromatic rings. The van der Waals surface area contributed by atoms with E-state index in [-0.39, 0.29) is 16.0 Å². The maximum Gasteiger partial charge on any atom is 0.324 e. The van der Waals surface area contributed by atoms with Gasteiger partial charge < -0.3 is 5.32 Å². The summed E-state index contributed by atoms with van der Waals surface area (Å²) in [7, 11) is 0. The Morgan fingerprint density at radius 2 is 2.11 bits per heavy atom. The van der Waals surface area contributed by atoms with Crippen LogP contribution in [-0.2, 0) is 6.54 Å². The van der Waals surface area contributed by atoms with Crippen molar-refractivity contribution in [2.45, 2.75) is 19.5 Å². The Hall–Kier alpha value is -1.72. The highest BCUT2D eigenvalue weighted by Gasteiger charge is 2.10. The van der Waals surface area contributed by atoms with E-state index in [1.54, 1.807) is 6.07 Å². The van der Waals surface area contributed by atoms with Crippen LogP contribution in [0.2, 0.25) is 0 Å². The van der Waals surface area contributed by atoms with Crippen LogP contribution in [0, 0.1) is 10.1 Å². The van der Waals surface area contributed by atoms with Crippen molar-refractivity contribution in [3.05, 3.63) is 63.0 Å². The molecule has 0 aliphatic rings. The molecule has 4 nitrogen and oxygen atoms in total. The summed E-state index contributed by atoms with van der Waals surface area (Å²) >= 11 is 1.17. The maximum atomic E-state index is 10.6. The highest BCUT2D eigenvalue weighted by Crippen LogP contribution is 2.23. The third-order valence-corrected chi connectivity index (χ3v) is 3.66. The van der Waals surface area contributed by atoms with E-state index in [1.165, 1.54) is 16.9 Å². The van der Waals surface area contributed by atoms with E-state index >= 15 is 0 Å². The second-order valence-electron chi connectivity index (χ2n) is 4.06. The lowest BCUT2D eigenvalue weighted by atomic mass is 10.1. The summed E-state index contributed by atoms with van der Waals surface area (Å²) in [6.07, 6.45) is 0. The Morgan fingerprint density at radius 3 is 2.72 bits per heavy atom. The summed E-state index contributed by atoms with van der Waals surface area (Å²) in [6, 6.07) is 12.0. The smallest absolute Gasteiger partial charge is 0.306 e. The molecule has 1 aromatic heterocycles. The zero-order chi connectivity index (χ0) is 13.0. The van der Waals surface area contributed by atoms with Gasteiger partial charge in [0.15, 0.2) is 0 Å². The average Bonchev–Trinajstić information content (AvgIpc) is 2.86. The zero-order valence-electron chi connectivity index (χ0n) is 10.00. The van der Waals surface area contributed by atoms with E-state index in [4.69, 9.17) is 0 Å². The van der Waals surface area contributed by atoms with Gasteiger partial charge in [0.05, 0.1) is 4.92 Å². The molecule has 0 fully saturated rings. The normalized spacial score (nSPS) is 12.3. The van der Waals surface area contributed by atoms with Crippen molar-refractivity contribution in [1.82, 2.24) is 5.32 Å². The van der Waals surface area contributed by atoms with Crippen molar-refractivity contribution in [1.29, 1.82) is 0 Å². The number of hydrogen-bond acceptors (Lipinski definition) is 4. The van der Waals surface area contributed by atoms with Gasteiger partial charge in [-0.1, -0.05) is 41.7 Å². The molecular formula is C13H14N2O2S. The number of rotatable bonds is 5. The minimum atomic E-state index is -0.352. The van der Waals surface area contributed by atoms with Crippen LogP contribution < -0.4 is 5.32 Å². The first-order chi connectivity index (χ1) is 8.66. The van der Waals surface area contributed by atoms with Gasteiger partial charge in [0.25, 0.3) is 0 Å². The Bertz CT molecular complexity index is 525. The first-order valence-electron chi connectivity index (χ1n) is 5.67. The minimum Gasteiger partial charge on any atom is -0.306 e. The van der Waals surface area contributed by atoms with Gasteiger partial charge in [-0.2, -0.15) is 0 Å². The fourth-order valence-electron chi connectivity index (χ4n) is 1.68. The first kappa shape index (κ1) is 12.7. The molecule has 0 unspecified atom stereocenters. The topological polar surface area (TPSA) is 55.2 Å². The average molecular weight is 262 g/mol. The van der Waals surface area contributed by atoms with E-state index in [9.17, 15) is 10.1 Å². The number of thiophene rings is 1. The van der Waals surface area contributed by atoms with Crippen molar-refractivity contribution in [3.8, 4) is 0 Å². The first-order valence-corrected chi connectivity index (χ1v) is 6.55. The van der Waals surface area contributed by atoms with E-state index in [0.29, 0.717) is 6.54 Å². The minimum absolute atomic E-state index is 0.194. The molecule has 0 bridgehead atoms. The van der Waals surface area contributed by atoms with E-state index < -0.39 is 0 Å². The summed E-state index contributed by atoms with van der Waals surface area (Å²) in [6.45, 7) is 2.72. The third-order valence-electron chi connectivity index (χ3n) is 2.73. The molecule has 2 rings (SSSR count). The molecule has 0 saturated heterocycles. The van der Waals surface area contributed by atoms with Crippen molar-refractivity contribution in [2.75, 3.05) is 0 Å². The lowest BCUT2D eigenvalue weighted by Gasteiger charge is -2.13. The summed E-state index contributed by atoms with van der Waals surface area (Å²) in [5, 5.41) is 15.9. The molecular weight excluding hydrogens is 248 g/mol. The number of nitrogens with zero attached hydrogens (tertiary/aromatic N) is 1. The van der Waals surface area contributed by atoms with Gasteiger partial charge in [-0.3, -0.25) is 10.1 Å². The summed E-state index contributed by atoms with van der Waals surface area (Å²) in [5.74, 6) is 0. The van der Waals surface area contributed by atoms with Crippen molar-refractivity contribution >= 4 is 16.3 Å². The van der Waals surface area contributed by atoms with Gasteiger partial charge in [0.1, 0.15) is 0 Å². The van der Waals surface area contributed by atoms with E-state index in [0.717, 1.165) is 5.56 Å². The molecule has 0 spiro atoms. The van der Waals surface area contributed by atoms with Crippen molar-refractivity contribution in [3.63, 3.8) is 0 Å². The lowest BCUT2D eigenvalue weighted by molar-refractivity contribution is -0.380. The molecule has 0 aliphatic heterocycles. The van der Waals surface area contributed by atoms with Crippen molar-refractivity contribution < 1.29 is 4.92 Å². The molecule has 0 saturated carbocycles. The predicted octanol–water partition coefficient (Wildman–Crippen LogP) is 3.51. The Balaban J connectivity index is 1.93. The van der Waals surface area contributed by atoms with Gasteiger partial charge in [-0.25, -0.2) is 0 Å². The quantitative estimate of drug-likeness (QED) is 0.662. The molecule has 1 heterocycles. The molecule has 1 aromatic carbocycles. The van der Waals surface area contributed by atoms with Gasteiger partial charge in [0, 0.05) is 24.0 Å². The second-order valence-corrected chi connectivity index (χ2v) is 4.95. The fourth-order valence-corrected chi connectivity index (χ4v) is 2.41. The summed E-state index contributed by atoms with van der Waals surface area (Å²) in [4.78, 5) is 10.2. The van der Waals surface area contributed by atoms with E-state index in [2.05, 4.69) is 24.4 Å². The molecule has 1 N–H and O–H groups in total. The fraction of sp³-hybridized carbons (Fsp3) is 0.231. The Morgan fingerprint density at radius 1 is 1.39 bits per heavy atom. The van der Waals surface area contributed by atoms with E-state index in [1.807, 2.05) is 23.6 Å². The van der Waals surface area contributed by atoms with Gasteiger partial charge >= 0.3 is 5.00 Å². The largest absolute Gasteiger partial charge is 0.324 e. The van der Waals surface area contributed by atoms with Crippen LogP contribution in [-0.4, -0.2) is 4.92 Å². The predicted molar refractivity (Wildman–Crippen MR) is 72.7 cm³/mol. The lowest BCUT2D eigenvalue weighted by Crippen LogP contribution is -2.17. The number of benzene rings is 1. The SMILES string of the molecule is C[C@@H](NCc1csc([N+](=O)[O-])c1)c1ccccc1. The standard InChI is InChI=1S/C13H14N2O2S/c1-10(12-5-3-2-4-6-12)14-8-11-7-13(15(16)17)18-9-11/h2-7,9-10,14H,8H2,1H3/t10-/m1/s1. The summed E-state index contributed by atoms with van der Waals surface area (Å²) in [5.41, 5.74) is 2.16. The molecule has 18 heavy (non-hydrogen) atoms. The molecule has 0 amide bonds. The Labute approximate surface area is 109 Å². The van der Waals surface area contributed by atoms with Crippen LogP contribution >= 0.6 is 11.3 Å². The zero-order valence-corrected chi connectivity index (χ0v) is 10.8. The monoisotopic (exact) mass is 262 g/mol. The third kappa shape index (κ3) is 3.15. The van der Waals surface area contributed by atoms with Crippen LogP contribution in [0.3, 0.4) is 0 Å². The molecule has 1 atom stereocenters. The van der Waals surface area contributed by atoms with Gasteiger partial charge in [-0.15, -0.1) is 0 Å². The van der Waals surface area contributed by atoms with Crippen LogP contribution in [0.1, 0.15) is 24.1 Å². The number of nitrogens with one attached hydrogen (secondary N) is 1. The maximum absolute atomic E-state index is 10.6. The second kappa shape index (κ2) is 5.75. The van der Waals surface area contributed by atoms with Gasteiger partial charge in [-0.05, 0) is 18.1 Å². The number of nitro groups is 1. The van der Waals surface area contributed by atoms with Crippen LogP contribution in [0.4, 0.5) is 5.00 Å². The summed E-state index contributed by atoms with van der Waals surface area (Å²) < 4.78 is 0. The highest BCUT2D eigenvalue weighted by atomic mass is 32.1. The molecule has 0 aliphatic carbocycles. The van der Waals surface area contributed by atoms with Gasteiger partial charge in [0.2, 0.25) is 0 Å². The molecule has 5 heteroatoms. The van der Waals surface area contributed by atoms with Crippen LogP contribution in [0.15, 0.2) is 41.8 Å². The molecule has 0 radical (unpaired) electrons. The molecule has 94 valence electrons. The Kier molecular flexibility index (Phi) is 4.07. The highest BCUT2D eigenvalue weighted by molar-refractivity contribution is 7.13. The van der Waals surface area contributed by atoms with Crippen LogP contribution in [0.25, 0.3) is 0 Å². The van der Waals surface area contributed by atoms with Crippen LogP contribution in [0.5, 0.6) is 0 Å².